The summed E-state index contributed by atoms with van der Waals surface area (Å²) < 4.78 is 5.29. The molecule has 0 amide bonds. The second kappa shape index (κ2) is 16.3. The second-order valence-corrected chi connectivity index (χ2v) is 6.57. The Bertz CT molecular complexity index is 343. The molecule has 3 N–H and O–H groups in total. The molecule has 0 aromatic carbocycles. The molecule has 0 aromatic rings. The summed E-state index contributed by atoms with van der Waals surface area (Å²) in [7, 11) is 0. The van der Waals surface area contributed by atoms with Crippen molar-refractivity contribution in [2.45, 2.75) is 77.6 Å². The third kappa shape index (κ3) is 11.9. The molecule has 148 valence electrons. The number of carboxylic acid groups (broad SMARTS) is 1. The first-order valence-electron chi connectivity index (χ1n) is 9.69. The van der Waals surface area contributed by atoms with Crippen LogP contribution in [0.2, 0.25) is 0 Å². The number of hydrogen-bond acceptors (Lipinski definition) is 5. The quantitative estimate of drug-likeness (QED) is 0.386. The van der Waals surface area contributed by atoms with E-state index in [4.69, 9.17) is 20.1 Å². The van der Waals surface area contributed by atoms with Crippen molar-refractivity contribution in [3.63, 3.8) is 0 Å². The lowest BCUT2D eigenvalue weighted by molar-refractivity contribution is -0.159. The van der Waals surface area contributed by atoms with E-state index in [0.29, 0.717) is 19.4 Å². The van der Waals surface area contributed by atoms with E-state index in [1.54, 1.807) is 0 Å². The Morgan fingerprint density at radius 2 is 1.40 bits per heavy atom. The normalized spacial score (nSPS) is 19.6. The van der Waals surface area contributed by atoms with Crippen LogP contribution in [0.1, 0.15) is 77.6 Å². The molecule has 0 radical (unpaired) electrons. The Kier molecular flexibility index (Phi) is 15.6. The number of ether oxygens (including phenoxy) is 1. The first-order valence-corrected chi connectivity index (χ1v) is 9.69. The van der Waals surface area contributed by atoms with Gasteiger partial charge in [-0.3, -0.25) is 9.59 Å². The third-order valence-electron chi connectivity index (χ3n) is 4.48. The van der Waals surface area contributed by atoms with Crippen LogP contribution in [-0.4, -0.2) is 47.1 Å². The Morgan fingerprint density at radius 1 is 0.880 bits per heavy atom. The van der Waals surface area contributed by atoms with E-state index in [1.165, 1.54) is 32.1 Å². The lowest BCUT2D eigenvalue weighted by Crippen LogP contribution is -2.33. The number of hydrogen-bond donors (Lipinski definition) is 3. The highest BCUT2D eigenvalue weighted by Gasteiger charge is 2.36. The summed E-state index contributed by atoms with van der Waals surface area (Å²) in [5.74, 6) is -2.12. The van der Waals surface area contributed by atoms with Crippen molar-refractivity contribution < 1.29 is 29.6 Å². The first kappa shape index (κ1) is 23.9. The standard InChI is InChI=1S/C17H30O4.C2H6O2/c1-2-3-4-5-6-7-10-13-21-17(20)15-12-9-8-11-14(15)16(18)19;3-1-2-4/h14-15H,2-13H2,1H3,(H,18,19);3-4H,1-2H2. The predicted molar refractivity (Wildman–Crippen MR) is 96.2 cm³/mol. The zero-order chi connectivity index (χ0) is 18.9. The molecule has 0 saturated heterocycles. The zero-order valence-corrected chi connectivity index (χ0v) is 15.6. The minimum atomic E-state index is -0.854. The summed E-state index contributed by atoms with van der Waals surface area (Å²) >= 11 is 0. The van der Waals surface area contributed by atoms with E-state index < -0.39 is 17.8 Å². The summed E-state index contributed by atoms with van der Waals surface area (Å²) in [6.07, 6.45) is 11.4. The van der Waals surface area contributed by atoms with E-state index in [-0.39, 0.29) is 19.2 Å². The van der Waals surface area contributed by atoms with Gasteiger partial charge in [-0.15, -0.1) is 0 Å². The van der Waals surface area contributed by atoms with Gasteiger partial charge in [0.15, 0.2) is 0 Å². The molecule has 1 fully saturated rings. The largest absolute Gasteiger partial charge is 0.481 e. The molecule has 1 aliphatic rings. The molecule has 0 aliphatic heterocycles. The molecule has 1 rings (SSSR count). The zero-order valence-electron chi connectivity index (χ0n) is 15.6. The fraction of sp³-hybridized carbons (Fsp3) is 0.895. The van der Waals surface area contributed by atoms with E-state index in [0.717, 1.165) is 25.7 Å². The van der Waals surface area contributed by atoms with Crippen molar-refractivity contribution in [2.75, 3.05) is 19.8 Å². The molecular formula is C19H36O6. The van der Waals surface area contributed by atoms with Crippen LogP contribution in [0.15, 0.2) is 0 Å². The van der Waals surface area contributed by atoms with E-state index in [9.17, 15) is 9.59 Å². The van der Waals surface area contributed by atoms with Crippen molar-refractivity contribution in [3.8, 4) is 0 Å². The Morgan fingerprint density at radius 3 is 1.92 bits per heavy atom. The summed E-state index contributed by atoms with van der Waals surface area (Å²) in [5, 5.41) is 24.4. The van der Waals surface area contributed by atoms with Crippen molar-refractivity contribution >= 4 is 11.9 Å². The van der Waals surface area contributed by atoms with Crippen LogP contribution in [0.5, 0.6) is 0 Å². The number of esters is 1. The van der Waals surface area contributed by atoms with Crippen LogP contribution in [-0.2, 0) is 14.3 Å². The molecule has 6 heteroatoms. The molecule has 2 unspecified atom stereocenters. The van der Waals surface area contributed by atoms with Crippen LogP contribution in [0.4, 0.5) is 0 Å². The SMILES string of the molecule is CCCCCCCCCOC(=O)C1CCCCC1C(=O)O.OCCO. The van der Waals surface area contributed by atoms with Gasteiger partial charge >= 0.3 is 11.9 Å². The number of unbranched alkanes of at least 4 members (excludes halogenated alkanes) is 6. The van der Waals surface area contributed by atoms with Gasteiger partial charge in [0.25, 0.3) is 0 Å². The maximum atomic E-state index is 12.0. The van der Waals surface area contributed by atoms with Gasteiger partial charge in [0.05, 0.1) is 31.7 Å². The minimum Gasteiger partial charge on any atom is -0.481 e. The maximum Gasteiger partial charge on any atom is 0.309 e. The molecule has 0 spiro atoms. The molecule has 1 aliphatic carbocycles. The van der Waals surface area contributed by atoms with E-state index in [2.05, 4.69) is 6.92 Å². The summed E-state index contributed by atoms with van der Waals surface area (Å²) in [4.78, 5) is 23.2. The predicted octanol–water partition coefficient (Wildman–Crippen LogP) is 3.14. The van der Waals surface area contributed by atoms with Crippen LogP contribution in [0.25, 0.3) is 0 Å². The monoisotopic (exact) mass is 360 g/mol. The fourth-order valence-electron chi connectivity index (χ4n) is 3.05. The number of aliphatic hydroxyl groups is 2. The molecular weight excluding hydrogens is 324 g/mol. The molecule has 25 heavy (non-hydrogen) atoms. The average molecular weight is 360 g/mol. The van der Waals surface area contributed by atoms with Crippen molar-refractivity contribution in [1.82, 2.24) is 0 Å². The number of aliphatic hydroxyl groups excluding tert-OH is 2. The van der Waals surface area contributed by atoms with Crippen molar-refractivity contribution in [3.05, 3.63) is 0 Å². The lowest BCUT2D eigenvalue weighted by Gasteiger charge is -2.26. The molecule has 2 atom stereocenters. The van der Waals surface area contributed by atoms with E-state index in [1.807, 2.05) is 0 Å². The van der Waals surface area contributed by atoms with Gasteiger partial charge in [-0.2, -0.15) is 0 Å². The number of carbonyl (C=O) groups excluding carboxylic acids is 1. The van der Waals surface area contributed by atoms with Gasteiger partial charge in [-0.05, 0) is 19.3 Å². The number of carbonyl (C=O) groups is 2. The van der Waals surface area contributed by atoms with Gasteiger partial charge in [0.2, 0.25) is 0 Å². The Hall–Kier alpha value is -1.14. The second-order valence-electron chi connectivity index (χ2n) is 6.57. The number of aliphatic carboxylic acids is 1. The number of rotatable bonds is 11. The van der Waals surface area contributed by atoms with Gasteiger partial charge in [0, 0.05) is 0 Å². The van der Waals surface area contributed by atoms with Crippen LogP contribution >= 0.6 is 0 Å². The van der Waals surface area contributed by atoms with E-state index >= 15 is 0 Å². The molecule has 6 nitrogen and oxygen atoms in total. The lowest BCUT2D eigenvalue weighted by atomic mass is 9.79. The van der Waals surface area contributed by atoms with Crippen LogP contribution in [0, 0.1) is 11.8 Å². The fourth-order valence-corrected chi connectivity index (χ4v) is 3.05. The summed E-state index contributed by atoms with van der Waals surface area (Å²) in [6.45, 7) is 2.39. The van der Waals surface area contributed by atoms with Crippen molar-refractivity contribution in [1.29, 1.82) is 0 Å². The highest BCUT2D eigenvalue weighted by molar-refractivity contribution is 5.81. The highest BCUT2D eigenvalue weighted by atomic mass is 16.5. The Labute approximate surface area is 151 Å². The highest BCUT2D eigenvalue weighted by Crippen LogP contribution is 2.31. The molecule has 0 bridgehead atoms. The maximum absolute atomic E-state index is 12.0. The van der Waals surface area contributed by atoms with Gasteiger partial charge in [0.1, 0.15) is 0 Å². The summed E-state index contributed by atoms with van der Waals surface area (Å²) in [6, 6.07) is 0. The van der Waals surface area contributed by atoms with Gasteiger partial charge in [-0.25, -0.2) is 0 Å². The molecule has 0 heterocycles. The van der Waals surface area contributed by atoms with Gasteiger partial charge in [-0.1, -0.05) is 58.3 Å². The third-order valence-corrected chi connectivity index (χ3v) is 4.48. The first-order chi connectivity index (χ1) is 12.1. The van der Waals surface area contributed by atoms with Crippen LogP contribution in [0.3, 0.4) is 0 Å². The van der Waals surface area contributed by atoms with Crippen LogP contribution < -0.4 is 0 Å². The average Bonchev–Trinajstić information content (AvgIpc) is 2.63. The topological polar surface area (TPSA) is 104 Å². The Balaban J connectivity index is 0.00000129. The molecule has 1 saturated carbocycles. The smallest absolute Gasteiger partial charge is 0.309 e. The summed E-state index contributed by atoms with van der Waals surface area (Å²) in [5.41, 5.74) is 0. The minimum absolute atomic E-state index is 0.125. The van der Waals surface area contributed by atoms with Gasteiger partial charge < -0.3 is 20.1 Å². The van der Waals surface area contributed by atoms with Crippen molar-refractivity contribution in [2.24, 2.45) is 11.8 Å². The molecule has 0 aromatic heterocycles. The number of carboxylic acids is 1.